The highest BCUT2D eigenvalue weighted by molar-refractivity contribution is 5.86. The first-order chi connectivity index (χ1) is 40.6. The molecule has 2 amide bonds. The van der Waals surface area contributed by atoms with Crippen LogP contribution in [-0.4, -0.2) is 98.9 Å². The molecule has 0 saturated carbocycles. The highest BCUT2D eigenvalue weighted by Crippen LogP contribution is 2.44. The minimum absolute atomic E-state index is 0.0517. The second-order valence-electron chi connectivity index (χ2n) is 27.0. The first-order valence-electron chi connectivity index (χ1n) is 30.0. The van der Waals surface area contributed by atoms with Gasteiger partial charge in [-0.2, -0.15) is 0 Å². The number of carbonyl (C=O) groups excluding carboxylic acids is 4. The van der Waals surface area contributed by atoms with Crippen molar-refractivity contribution in [1.29, 1.82) is 0 Å². The van der Waals surface area contributed by atoms with Crippen LogP contribution in [0.3, 0.4) is 0 Å². The standard InChI is InChI=1S/C72H88N2O12/c1-69(2,3)55-35-47-31-51-39-57(71(7,8)9)41-53-33-49-37-56(70(4,5)6)38-50(64(49)78)34-54-42-58(72(10,11)12)40-52(32-48(36-55)63(47)77)66(54)86-44-62(76)74-60(30-46-21-17-14-18-22-46)68(80)84-28-26-82-24-23-81-25-27-83-67(79)59(29-45-19-15-13-16-20-45)73-61(75)43-85-65(51)53/h13-22,35-42,59-60,77-78H,23-34,43-44H2,1-12H3,(H,73,75)(H,74,76)/t59-,60-/m0/s1. The Bertz CT molecular complexity index is 3060. The van der Waals surface area contributed by atoms with E-state index in [1.165, 1.54) is 0 Å². The summed E-state index contributed by atoms with van der Waals surface area (Å²) in [6, 6.07) is 33.0. The summed E-state index contributed by atoms with van der Waals surface area (Å²) in [7, 11) is 0. The van der Waals surface area contributed by atoms with Gasteiger partial charge in [0, 0.05) is 38.5 Å². The van der Waals surface area contributed by atoms with Crippen LogP contribution in [0.2, 0.25) is 0 Å². The third-order valence-corrected chi connectivity index (χ3v) is 15.8. The van der Waals surface area contributed by atoms with Crippen molar-refractivity contribution in [3.63, 3.8) is 0 Å². The number of phenolic OH excluding ortho intramolecular Hbond substituents is 2. The van der Waals surface area contributed by atoms with E-state index in [-0.39, 0.29) is 111 Å². The fraction of sp³-hybridized carbons (Fsp3) is 0.444. The smallest absolute Gasteiger partial charge is 0.329 e. The maximum atomic E-state index is 14.4. The van der Waals surface area contributed by atoms with Crippen LogP contribution in [0, 0.1) is 0 Å². The molecule has 86 heavy (non-hydrogen) atoms. The Hall–Kier alpha value is -7.68. The maximum absolute atomic E-state index is 14.4. The van der Waals surface area contributed by atoms with Crippen LogP contribution in [0.4, 0.5) is 0 Å². The Kier molecular flexibility index (Phi) is 20.5. The van der Waals surface area contributed by atoms with Crippen LogP contribution in [-0.2, 0) is 98.3 Å². The summed E-state index contributed by atoms with van der Waals surface area (Å²) in [6.45, 7) is 24.8. The number of carbonyl (C=O) groups is 4. The van der Waals surface area contributed by atoms with Crippen LogP contribution >= 0.6 is 0 Å². The van der Waals surface area contributed by atoms with Gasteiger partial charge in [-0.05, 0) is 99.5 Å². The highest BCUT2D eigenvalue weighted by Gasteiger charge is 2.31. The average Bonchev–Trinajstić information content (AvgIpc) is 0.927. The molecule has 6 aromatic rings. The van der Waals surface area contributed by atoms with Gasteiger partial charge in [0.1, 0.15) is 48.3 Å². The molecule has 3 aliphatic rings. The van der Waals surface area contributed by atoms with Gasteiger partial charge >= 0.3 is 11.9 Å². The molecule has 0 saturated heterocycles. The predicted molar refractivity (Wildman–Crippen MR) is 334 cm³/mol. The van der Waals surface area contributed by atoms with Crippen molar-refractivity contribution in [1.82, 2.24) is 10.6 Å². The molecule has 0 fully saturated rings. The molecular weight excluding hydrogens is 1080 g/mol. The molecular formula is C72H88N2O12. The molecule has 2 heterocycles. The molecule has 0 spiro atoms. The van der Waals surface area contributed by atoms with Crippen molar-refractivity contribution in [3.8, 4) is 23.0 Å². The second-order valence-corrected chi connectivity index (χ2v) is 27.0. The number of hydrogen-bond acceptors (Lipinski definition) is 12. The van der Waals surface area contributed by atoms with E-state index in [0.717, 1.165) is 33.4 Å². The number of aromatic hydroxyl groups is 2. The van der Waals surface area contributed by atoms with E-state index in [2.05, 4.69) is 118 Å². The molecule has 458 valence electrons. The van der Waals surface area contributed by atoms with Gasteiger partial charge in [0.25, 0.3) is 11.8 Å². The first kappa shape index (κ1) is 64.3. The monoisotopic (exact) mass is 1170 g/mol. The summed E-state index contributed by atoms with van der Waals surface area (Å²) in [5.74, 6) is -1.47. The summed E-state index contributed by atoms with van der Waals surface area (Å²) in [5.41, 5.74) is 9.24. The fourth-order valence-electron chi connectivity index (χ4n) is 10.8. The minimum Gasteiger partial charge on any atom is -0.507 e. The van der Waals surface area contributed by atoms with Crippen molar-refractivity contribution < 1.29 is 57.8 Å². The van der Waals surface area contributed by atoms with Gasteiger partial charge in [-0.3, -0.25) is 9.59 Å². The van der Waals surface area contributed by atoms with Crippen molar-refractivity contribution in [2.75, 3.05) is 52.9 Å². The van der Waals surface area contributed by atoms with E-state index < -0.39 is 49.1 Å². The fourth-order valence-corrected chi connectivity index (χ4v) is 10.8. The van der Waals surface area contributed by atoms with E-state index in [1.807, 2.05) is 84.9 Å². The molecule has 2 aliphatic heterocycles. The Labute approximate surface area is 508 Å². The largest absolute Gasteiger partial charge is 0.507 e. The Morgan fingerprint density at radius 3 is 0.930 bits per heavy atom. The van der Waals surface area contributed by atoms with Gasteiger partial charge < -0.3 is 49.3 Å². The van der Waals surface area contributed by atoms with Gasteiger partial charge in [-0.15, -0.1) is 0 Å². The summed E-state index contributed by atoms with van der Waals surface area (Å²) in [4.78, 5) is 56.7. The molecule has 0 unspecified atom stereocenters. The lowest BCUT2D eigenvalue weighted by Crippen LogP contribution is -2.45. The third-order valence-electron chi connectivity index (χ3n) is 15.8. The number of benzene rings is 6. The Morgan fingerprint density at radius 1 is 0.384 bits per heavy atom. The minimum atomic E-state index is -1.08. The van der Waals surface area contributed by atoms with Crippen molar-refractivity contribution in [2.24, 2.45) is 0 Å². The topological polar surface area (TPSA) is 188 Å². The number of fused-ring (bicyclic) bond motifs is 21. The second kappa shape index (κ2) is 27.4. The number of hydrogen-bond donors (Lipinski definition) is 4. The van der Waals surface area contributed by atoms with Crippen molar-refractivity contribution >= 4 is 23.8 Å². The summed E-state index contributed by atoms with van der Waals surface area (Å²) in [5, 5.41) is 31.6. The van der Waals surface area contributed by atoms with Crippen molar-refractivity contribution in [2.45, 2.75) is 155 Å². The summed E-state index contributed by atoms with van der Waals surface area (Å²) >= 11 is 0. The highest BCUT2D eigenvalue weighted by atomic mass is 16.6. The molecule has 9 rings (SSSR count). The number of phenols is 2. The SMILES string of the molecule is CC(C)(C)c1cc2c(O)c(c1)Cc1cc(C(C)(C)C)cc3c1OCC(=O)N[C@@H](Cc1ccccc1)C(=O)OCCOCCOCCOC(=O)[C@H](Cc1ccccc1)NC(=O)COc1c(cc(C(C)(C)C)cc1Cc1cc(C(C)(C)C)cc(c1O)C3)C2. The normalized spacial score (nSPS) is 17.7. The van der Waals surface area contributed by atoms with Gasteiger partial charge in [-0.1, -0.05) is 192 Å². The summed E-state index contributed by atoms with van der Waals surface area (Å²) < 4.78 is 36.5. The van der Waals surface area contributed by atoms with E-state index >= 15 is 0 Å². The lowest BCUT2D eigenvalue weighted by molar-refractivity contribution is -0.150. The third kappa shape index (κ3) is 17.1. The molecule has 14 heteroatoms. The van der Waals surface area contributed by atoms with Crippen LogP contribution < -0.4 is 20.1 Å². The van der Waals surface area contributed by atoms with Gasteiger partial charge in [-0.25, -0.2) is 9.59 Å². The molecule has 2 atom stereocenters. The van der Waals surface area contributed by atoms with Gasteiger partial charge in [0.15, 0.2) is 13.2 Å². The van der Waals surface area contributed by atoms with E-state index in [4.69, 9.17) is 28.4 Å². The van der Waals surface area contributed by atoms with E-state index in [0.29, 0.717) is 56.0 Å². The lowest BCUT2D eigenvalue weighted by Gasteiger charge is -2.28. The van der Waals surface area contributed by atoms with Gasteiger partial charge in [0.2, 0.25) is 0 Å². The molecule has 1 aliphatic carbocycles. The zero-order valence-corrected chi connectivity index (χ0v) is 52.4. The molecule has 10 bridgehead atoms. The van der Waals surface area contributed by atoms with Crippen molar-refractivity contribution in [3.05, 3.63) is 187 Å². The Balaban J connectivity index is 1.33. The molecule has 4 N–H and O–H groups in total. The number of nitrogens with one attached hydrogen (secondary N) is 2. The van der Waals surface area contributed by atoms with Crippen LogP contribution in [0.15, 0.2) is 109 Å². The number of esters is 2. The number of ether oxygens (including phenoxy) is 6. The molecule has 6 aromatic carbocycles. The quantitative estimate of drug-likeness (QED) is 0.0966. The molecule has 14 nitrogen and oxygen atoms in total. The summed E-state index contributed by atoms with van der Waals surface area (Å²) in [6.07, 6.45) is 1.000. The van der Waals surface area contributed by atoms with Crippen LogP contribution in [0.25, 0.3) is 0 Å². The average molecular weight is 1170 g/mol. The Morgan fingerprint density at radius 2 is 0.651 bits per heavy atom. The zero-order chi connectivity index (χ0) is 62.1. The zero-order valence-electron chi connectivity index (χ0n) is 52.4. The first-order valence-corrected chi connectivity index (χ1v) is 30.0. The van der Waals surface area contributed by atoms with Crippen LogP contribution in [0.1, 0.15) is 161 Å². The lowest BCUT2D eigenvalue weighted by atomic mass is 9.79. The number of rotatable bonds is 4. The van der Waals surface area contributed by atoms with E-state index in [1.54, 1.807) is 0 Å². The number of amides is 2. The molecule has 0 radical (unpaired) electrons. The predicted octanol–water partition coefficient (Wildman–Crippen LogP) is 11.3. The maximum Gasteiger partial charge on any atom is 0.329 e. The molecule has 0 aromatic heterocycles. The van der Waals surface area contributed by atoms with Gasteiger partial charge in [0.05, 0.1) is 26.4 Å². The van der Waals surface area contributed by atoms with E-state index in [9.17, 15) is 29.4 Å². The van der Waals surface area contributed by atoms with Crippen LogP contribution in [0.5, 0.6) is 23.0 Å².